The Labute approximate surface area is 103 Å². The number of aliphatic hydroxyl groups is 1. The third-order valence-corrected chi connectivity index (χ3v) is 3.18. The van der Waals surface area contributed by atoms with Gasteiger partial charge in [-0.05, 0) is 24.1 Å². The monoisotopic (exact) mass is 234 g/mol. The minimum atomic E-state index is -0.155. The molecule has 0 spiro atoms. The van der Waals surface area contributed by atoms with E-state index in [1.165, 1.54) is 11.3 Å². The largest absolute Gasteiger partial charge is 0.391 e. The molecular formula is C14H22N2O. The van der Waals surface area contributed by atoms with E-state index in [1.807, 2.05) is 0 Å². The second kappa shape index (κ2) is 5.52. The standard InChI is InChI=1S/C14H22N2O/c1-11(2)15-9-12-3-5-13(6-4-12)16-8-7-14(17)10-16/h3-6,11,14-15,17H,7-10H2,1-2H3. The average molecular weight is 234 g/mol. The van der Waals surface area contributed by atoms with E-state index < -0.39 is 0 Å². The van der Waals surface area contributed by atoms with Crippen molar-refractivity contribution in [1.82, 2.24) is 5.32 Å². The van der Waals surface area contributed by atoms with Crippen LogP contribution in [-0.4, -0.2) is 30.3 Å². The Kier molecular flexibility index (Phi) is 4.02. The predicted molar refractivity (Wildman–Crippen MR) is 71.3 cm³/mol. The molecule has 3 nitrogen and oxygen atoms in total. The number of hydrogen-bond donors (Lipinski definition) is 2. The number of nitrogens with one attached hydrogen (secondary N) is 1. The summed E-state index contributed by atoms with van der Waals surface area (Å²) < 4.78 is 0. The van der Waals surface area contributed by atoms with Crippen molar-refractivity contribution in [3.05, 3.63) is 29.8 Å². The van der Waals surface area contributed by atoms with Gasteiger partial charge in [-0.2, -0.15) is 0 Å². The van der Waals surface area contributed by atoms with E-state index in [1.54, 1.807) is 0 Å². The lowest BCUT2D eigenvalue weighted by Crippen LogP contribution is -2.22. The zero-order valence-electron chi connectivity index (χ0n) is 10.7. The molecule has 1 aromatic carbocycles. The van der Waals surface area contributed by atoms with Crippen LogP contribution in [0, 0.1) is 0 Å². The summed E-state index contributed by atoms with van der Waals surface area (Å²) in [5.41, 5.74) is 2.53. The van der Waals surface area contributed by atoms with Crippen molar-refractivity contribution in [2.75, 3.05) is 18.0 Å². The quantitative estimate of drug-likeness (QED) is 0.833. The highest BCUT2D eigenvalue weighted by atomic mass is 16.3. The lowest BCUT2D eigenvalue weighted by Gasteiger charge is -2.18. The second-order valence-electron chi connectivity index (χ2n) is 5.09. The first-order valence-corrected chi connectivity index (χ1v) is 6.40. The molecule has 2 N–H and O–H groups in total. The topological polar surface area (TPSA) is 35.5 Å². The Morgan fingerprint density at radius 1 is 1.35 bits per heavy atom. The number of anilines is 1. The molecule has 1 unspecified atom stereocenters. The molecule has 0 aromatic heterocycles. The van der Waals surface area contributed by atoms with E-state index in [4.69, 9.17) is 0 Å². The molecule has 17 heavy (non-hydrogen) atoms. The fourth-order valence-corrected chi connectivity index (χ4v) is 2.12. The van der Waals surface area contributed by atoms with Gasteiger partial charge < -0.3 is 15.3 Å². The molecule has 1 aromatic rings. The van der Waals surface area contributed by atoms with Crippen LogP contribution in [0.4, 0.5) is 5.69 Å². The van der Waals surface area contributed by atoms with Crippen LogP contribution < -0.4 is 10.2 Å². The number of nitrogens with zero attached hydrogens (tertiary/aromatic N) is 1. The van der Waals surface area contributed by atoms with Gasteiger partial charge >= 0.3 is 0 Å². The summed E-state index contributed by atoms with van der Waals surface area (Å²) in [6.07, 6.45) is 0.730. The Morgan fingerprint density at radius 2 is 2.06 bits per heavy atom. The third kappa shape index (κ3) is 3.45. The zero-order chi connectivity index (χ0) is 12.3. The summed E-state index contributed by atoms with van der Waals surface area (Å²) >= 11 is 0. The maximum atomic E-state index is 9.51. The summed E-state index contributed by atoms with van der Waals surface area (Å²) in [6, 6.07) is 9.14. The van der Waals surface area contributed by atoms with Crippen molar-refractivity contribution in [3.63, 3.8) is 0 Å². The van der Waals surface area contributed by atoms with Crippen LogP contribution in [0.3, 0.4) is 0 Å². The van der Waals surface area contributed by atoms with Crippen LogP contribution in [0.2, 0.25) is 0 Å². The maximum absolute atomic E-state index is 9.51. The molecule has 1 aliphatic rings. The van der Waals surface area contributed by atoms with Crippen LogP contribution in [0.25, 0.3) is 0 Å². The molecule has 0 amide bonds. The van der Waals surface area contributed by atoms with Crippen molar-refractivity contribution >= 4 is 5.69 Å². The van der Waals surface area contributed by atoms with Gasteiger partial charge in [0.2, 0.25) is 0 Å². The van der Waals surface area contributed by atoms with Crippen LogP contribution >= 0.6 is 0 Å². The first-order valence-electron chi connectivity index (χ1n) is 6.40. The first kappa shape index (κ1) is 12.4. The second-order valence-corrected chi connectivity index (χ2v) is 5.09. The fourth-order valence-electron chi connectivity index (χ4n) is 2.12. The van der Waals surface area contributed by atoms with E-state index in [-0.39, 0.29) is 6.10 Å². The lowest BCUT2D eigenvalue weighted by molar-refractivity contribution is 0.198. The Morgan fingerprint density at radius 3 is 2.59 bits per heavy atom. The SMILES string of the molecule is CC(C)NCc1ccc(N2CCC(O)C2)cc1. The summed E-state index contributed by atoms with van der Waals surface area (Å²) in [6.45, 7) is 6.95. The van der Waals surface area contributed by atoms with Crippen molar-refractivity contribution < 1.29 is 5.11 Å². The normalized spacial score (nSPS) is 20.2. The third-order valence-electron chi connectivity index (χ3n) is 3.18. The molecule has 1 atom stereocenters. The van der Waals surface area contributed by atoms with Crippen molar-refractivity contribution in [3.8, 4) is 0 Å². The smallest absolute Gasteiger partial charge is 0.0731 e. The molecule has 0 saturated carbocycles. The van der Waals surface area contributed by atoms with Gasteiger partial charge in [0.25, 0.3) is 0 Å². The predicted octanol–water partition coefficient (Wildman–Crippen LogP) is 1.76. The summed E-state index contributed by atoms with van der Waals surface area (Å²) in [5.74, 6) is 0. The van der Waals surface area contributed by atoms with Gasteiger partial charge in [0, 0.05) is 31.4 Å². The first-order chi connectivity index (χ1) is 8.15. The number of rotatable bonds is 4. The molecule has 1 fully saturated rings. The zero-order valence-corrected chi connectivity index (χ0v) is 10.7. The molecule has 0 aliphatic carbocycles. The molecule has 1 saturated heterocycles. The summed E-state index contributed by atoms with van der Waals surface area (Å²) in [7, 11) is 0. The molecule has 94 valence electrons. The van der Waals surface area contributed by atoms with E-state index in [0.29, 0.717) is 6.04 Å². The highest BCUT2D eigenvalue weighted by Gasteiger charge is 2.19. The van der Waals surface area contributed by atoms with Crippen molar-refractivity contribution in [2.24, 2.45) is 0 Å². The van der Waals surface area contributed by atoms with Crippen LogP contribution in [0.15, 0.2) is 24.3 Å². The molecule has 1 aliphatic heterocycles. The summed E-state index contributed by atoms with van der Waals surface area (Å²) in [4.78, 5) is 2.24. The van der Waals surface area contributed by atoms with Gasteiger partial charge in [-0.3, -0.25) is 0 Å². The summed E-state index contributed by atoms with van der Waals surface area (Å²) in [5, 5.41) is 12.9. The van der Waals surface area contributed by atoms with Crippen LogP contribution in [0.1, 0.15) is 25.8 Å². The van der Waals surface area contributed by atoms with Gasteiger partial charge in [0.1, 0.15) is 0 Å². The Bertz CT molecular complexity index is 348. The fraction of sp³-hybridized carbons (Fsp3) is 0.571. The van der Waals surface area contributed by atoms with Gasteiger partial charge in [0.15, 0.2) is 0 Å². The maximum Gasteiger partial charge on any atom is 0.0731 e. The minimum absolute atomic E-state index is 0.155. The van der Waals surface area contributed by atoms with Crippen LogP contribution in [-0.2, 0) is 6.54 Å². The molecule has 2 rings (SSSR count). The molecule has 0 bridgehead atoms. The molecule has 1 heterocycles. The van der Waals surface area contributed by atoms with E-state index in [2.05, 4.69) is 48.3 Å². The number of aliphatic hydroxyl groups excluding tert-OH is 1. The van der Waals surface area contributed by atoms with E-state index in [9.17, 15) is 5.11 Å². The van der Waals surface area contributed by atoms with Crippen molar-refractivity contribution in [2.45, 2.75) is 39.0 Å². The molecule has 0 radical (unpaired) electrons. The molecular weight excluding hydrogens is 212 g/mol. The van der Waals surface area contributed by atoms with Gasteiger partial charge in [0.05, 0.1) is 6.10 Å². The van der Waals surface area contributed by atoms with Gasteiger partial charge in [-0.15, -0.1) is 0 Å². The highest BCUT2D eigenvalue weighted by molar-refractivity contribution is 5.48. The van der Waals surface area contributed by atoms with Gasteiger partial charge in [-0.1, -0.05) is 26.0 Å². The highest BCUT2D eigenvalue weighted by Crippen LogP contribution is 2.20. The van der Waals surface area contributed by atoms with E-state index >= 15 is 0 Å². The van der Waals surface area contributed by atoms with Gasteiger partial charge in [-0.25, -0.2) is 0 Å². The lowest BCUT2D eigenvalue weighted by atomic mass is 10.2. The van der Waals surface area contributed by atoms with Crippen molar-refractivity contribution in [1.29, 1.82) is 0 Å². The Balaban J connectivity index is 1.93. The van der Waals surface area contributed by atoms with Crippen LogP contribution in [0.5, 0.6) is 0 Å². The molecule has 3 heteroatoms. The Hall–Kier alpha value is -1.06. The minimum Gasteiger partial charge on any atom is -0.391 e. The number of β-amino-alcohol motifs (C(OH)–C–C–N with tert-alkyl or cyclic N) is 1. The average Bonchev–Trinajstić information content (AvgIpc) is 2.74. The van der Waals surface area contributed by atoms with E-state index in [0.717, 1.165) is 26.1 Å². The number of benzene rings is 1. The number of hydrogen-bond acceptors (Lipinski definition) is 3.